The minimum atomic E-state index is -0.0446. The summed E-state index contributed by atoms with van der Waals surface area (Å²) in [6, 6.07) is 7.34. The monoisotopic (exact) mass is 388 g/mol. The van der Waals surface area contributed by atoms with Gasteiger partial charge in [-0.2, -0.15) is 0 Å². The Morgan fingerprint density at radius 3 is 2.18 bits per heavy atom. The van der Waals surface area contributed by atoms with E-state index >= 15 is 0 Å². The number of carbonyl (C=O) groups excluding carboxylic acids is 2. The minimum absolute atomic E-state index is 0.0146. The van der Waals surface area contributed by atoms with E-state index in [1.807, 2.05) is 24.3 Å². The molecule has 3 rings (SSSR count). The Morgan fingerprint density at radius 1 is 0.964 bits per heavy atom. The number of anilines is 2. The van der Waals surface area contributed by atoms with Crippen LogP contribution in [0.25, 0.3) is 0 Å². The first-order valence-corrected chi connectivity index (χ1v) is 10.4. The quantitative estimate of drug-likeness (QED) is 0.696. The number of benzene rings is 1. The largest absolute Gasteiger partial charge is 0.378 e. The fraction of sp³-hybridized carbons (Fsp3) is 0.619. The van der Waals surface area contributed by atoms with Crippen molar-refractivity contribution in [1.29, 1.82) is 0 Å². The van der Waals surface area contributed by atoms with Crippen LogP contribution in [0.2, 0.25) is 0 Å². The van der Waals surface area contributed by atoms with Crippen LogP contribution in [-0.2, 0) is 14.3 Å². The Balaban J connectivity index is 1.41. The number of likely N-dealkylation sites (tertiary alicyclic amines) is 1. The molecule has 2 fully saturated rings. The smallest absolute Gasteiger partial charge is 0.238 e. The van der Waals surface area contributed by atoms with E-state index in [9.17, 15) is 9.59 Å². The van der Waals surface area contributed by atoms with Gasteiger partial charge in [0.25, 0.3) is 0 Å². The molecule has 2 heterocycles. The number of morpholine rings is 1. The molecule has 1 unspecified atom stereocenters. The van der Waals surface area contributed by atoms with Gasteiger partial charge in [0.05, 0.1) is 19.8 Å². The van der Waals surface area contributed by atoms with Crippen LogP contribution in [0.1, 0.15) is 38.5 Å². The number of hydrogen-bond acceptors (Lipinski definition) is 5. The number of nitrogens with zero attached hydrogens (tertiary/aromatic N) is 1. The highest BCUT2D eigenvalue weighted by atomic mass is 16.5. The van der Waals surface area contributed by atoms with Crippen molar-refractivity contribution in [1.82, 2.24) is 10.2 Å². The molecule has 0 spiro atoms. The van der Waals surface area contributed by atoms with E-state index in [4.69, 9.17) is 4.74 Å². The van der Waals surface area contributed by atoms with Crippen molar-refractivity contribution >= 4 is 23.2 Å². The molecule has 1 aromatic carbocycles. The molecule has 3 N–H and O–H groups in total. The van der Waals surface area contributed by atoms with Crippen LogP contribution < -0.4 is 16.0 Å². The second-order valence-electron chi connectivity index (χ2n) is 7.65. The maximum Gasteiger partial charge on any atom is 0.238 e. The highest BCUT2D eigenvalue weighted by Gasteiger charge is 2.17. The van der Waals surface area contributed by atoms with Crippen molar-refractivity contribution in [3.05, 3.63) is 24.3 Å². The lowest BCUT2D eigenvalue weighted by Gasteiger charge is -2.23. The maximum absolute atomic E-state index is 12.3. The van der Waals surface area contributed by atoms with E-state index in [0.717, 1.165) is 31.0 Å². The van der Waals surface area contributed by atoms with E-state index in [0.29, 0.717) is 26.2 Å². The number of ether oxygens (including phenoxy) is 1. The van der Waals surface area contributed by atoms with E-state index in [1.165, 1.54) is 32.1 Å². The van der Waals surface area contributed by atoms with Gasteiger partial charge in [0.1, 0.15) is 0 Å². The summed E-state index contributed by atoms with van der Waals surface area (Å²) in [4.78, 5) is 26.7. The summed E-state index contributed by atoms with van der Waals surface area (Å²) in [6.45, 7) is 4.48. The SMILES string of the molecule is O=C(CC1COCCN1)Nc1ccc(NC(=O)CN2CCCCCCC2)cc1. The lowest BCUT2D eigenvalue weighted by Crippen LogP contribution is -2.43. The zero-order chi connectivity index (χ0) is 19.6. The normalized spacial score (nSPS) is 21.4. The van der Waals surface area contributed by atoms with Gasteiger partial charge in [-0.05, 0) is 50.2 Å². The number of rotatable bonds is 6. The van der Waals surface area contributed by atoms with Crippen LogP contribution in [0.15, 0.2) is 24.3 Å². The van der Waals surface area contributed by atoms with Crippen LogP contribution in [0.4, 0.5) is 11.4 Å². The minimum Gasteiger partial charge on any atom is -0.378 e. The molecule has 7 heteroatoms. The van der Waals surface area contributed by atoms with Crippen LogP contribution in [0.3, 0.4) is 0 Å². The lowest BCUT2D eigenvalue weighted by atomic mass is 10.1. The zero-order valence-corrected chi connectivity index (χ0v) is 16.5. The van der Waals surface area contributed by atoms with Gasteiger partial charge < -0.3 is 20.7 Å². The molecule has 1 atom stereocenters. The average molecular weight is 389 g/mol. The second kappa shape index (κ2) is 11.1. The van der Waals surface area contributed by atoms with Gasteiger partial charge in [-0.3, -0.25) is 14.5 Å². The Hall–Kier alpha value is -1.96. The first kappa shape index (κ1) is 20.8. The van der Waals surface area contributed by atoms with Crippen molar-refractivity contribution < 1.29 is 14.3 Å². The second-order valence-corrected chi connectivity index (χ2v) is 7.65. The molecule has 7 nitrogen and oxygen atoms in total. The molecule has 154 valence electrons. The Labute approximate surface area is 167 Å². The van der Waals surface area contributed by atoms with Gasteiger partial charge in [-0.25, -0.2) is 0 Å². The first-order valence-electron chi connectivity index (χ1n) is 10.4. The van der Waals surface area contributed by atoms with Gasteiger partial charge in [-0.15, -0.1) is 0 Å². The third-order valence-electron chi connectivity index (χ3n) is 5.20. The van der Waals surface area contributed by atoms with E-state index in [2.05, 4.69) is 20.9 Å². The van der Waals surface area contributed by atoms with Crippen molar-refractivity contribution in [2.45, 2.75) is 44.6 Å². The van der Waals surface area contributed by atoms with Gasteiger partial charge in [-0.1, -0.05) is 19.3 Å². The van der Waals surface area contributed by atoms with Crippen LogP contribution in [0, 0.1) is 0 Å². The molecule has 0 aromatic heterocycles. The Bertz CT molecular complexity index is 621. The van der Waals surface area contributed by atoms with Gasteiger partial charge in [0, 0.05) is 30.4 Å². The fourth-order valence-electron chi connectivity index (χ4n) is 3.70. The molecule has 0 saturated carbocycles. The summed E-state index contributed by atoms with van der Waals surface area (Å²) < 4.78 is 5.37. The van der Waals surface area contributed by atoms with E-state index in [-0.39, 0.29) is 17.9 Å². The van der Waals surface area contributed by atoms with Crippen molar-refractivity contribution in [2.75, 3.05) is 50.0 Å². The van der Waals surface area contributed by atoms with Crippen LogP contribution in [0.5, 0.6) is 0 Å². The predicted octanol–water partition coefficient (Wildman–Crippen LogP) is 2.21. The third kappa shape index (κ3) is 7.22. The van der Waals surface area contributed by atoms with Crippen LogP contribution in [-0.4, -0.2) is 62.1 Å². The van der Waals surface area contributed by atoms with Crippen molar-refractivity contribution in [3.8, 4) is 0 Å². The molecule has 28 heavy (non-hydrogen) atoms. The summed E-state index contributed by atoms with van der Waals surface area (Å²) >= 11 is 0. The molecule has 2 aliphatic heterocycles. The maximum atomic E-state index is 12.3. The molecule has 0 bridgehead atoms. The molecular formula is C21H32N4O3. The fourth-order valence-corrected chi connectivity index (χ4v) is 3.70. The molecule has 0 radical (unpaired) electrons. The highest BCUT2D eigenvalue weighted by molar-refractivity contribution is 5.93. The highest BCUT2D eigenvalue weighted by Crippen LogP contribution is 2.15. The van der Waals surface area contributed by atoms with Crippen LogP contribution >= 0.6 is 0 Å². The standard InChI is InChI=1S/C21H32N4O3/c26-20(14-19-16-28-13-10-22-19)23-17-6-8-18(9-7-17)24-21(27)15-25-11-4-2-1-3-5-12-25/h6-9,19,22H,1-5,10-16H2,(H,23,26)(H,24,27). The summed E-state index contributed by atoms with van der Waals surface area (Å²) in [5, 5.41) is 9.11. The molecular weight excluding hydrogens is 356 g/mol. The number of nitrogens with one attached hydrogen (secondary N) is 3. The summed E-state index contributed by atoms with van der Waals surface area (Å²) in [5.74, 6) is -0.0300. The van der Waals surface area contributed by atoms with Crippen molar-refractivity contribution in [3.63, 3.8) is 0 Å². The van der Waals surface area contributed by atoms with E-state index in [1.54, 1.807) is 0 Å². The molecule has 2 aliphatic rings. The number of carbonyl (C=O) groups is 2. The van der Waals surface area contributed by atoms with Gasteiger partial charge in [0.2, 0.25) is 11.8 Å². The molecule has 1 aromatic rings. The zero-order valence-electron chi connectivity index (χ0n) is 16.5. The lowest BCUT2D eigenvalue weighted by molar-refractivity contribution is -0.118. The first-order chi connectivity index (χ1) is 13.7. The molecule has 2 amide bonds. The summed E-state index contributed by atoms with van der Waals surface area (Å²) in [6.07, 6.45) is 6.56. The topological polar surface area (TPSA) is 82.7 Å². The summed E-state index contributed by atoms with van der Waals surface area (Å²) in [5.41, 5.74) is 1.47. The van der Waals surface area contributed by atoms with Gasteiger partial charge >= 0.3 is 0 Å². The van der Waals surface area contributed by atoms with Gasteiger partial charge in [0.15, 0.2) is 0 Å². The molecule has 2 saturated heterocycles. The molecule has 0 aliphatic carbocycles. The Kier molecular flexibility index (Phi) is 8.26. The van der Waals surface area contributed by atoms with E-state index < -0.39 is 0 Å². The average Bonchev–Trinajstić information content (AvgIpc) is 2.66. The third-order valence-corrected chi connectivity index (χ3v) is 5.20. The number of hydrogen-bond donors (Lipinski definition) is 3. The number of amides is 2. The van der Waals surface area contributed by atoms with Crippen molar-refractivity contribution in [2.24, 2.45) is 0 Å². The summed E-state index contributed by atoms with van der Waals surface area (Å²) in [7, 11) is 0. The predicted molar refractivity (Wildman–Crippen MR) is 110 cm³/mol. The Morgan fingerprint density at radius 2 is 1.57 bits per heavy atom.